The van der Waals surface area contributed by atoms with Gasteiger partial charge in [-0.05, 0) is 46.7 Å². The predicted molar refractivity (Wildman–Crippen MR) is 83.5 cm³/mol. The second-order valence-corrected chi connectivity index (χ2v) is 6.24. The van der Waals surface area contributed by atoms with Crippen molar-refractivity contribution in [2.75, 3.05) is 11.5 Å². The molecule has 0 saturated carbocycles. The number of hydrogen-bond donors (Lipinski definition) is 0. The summed E-state index contributed by atoms with van der Waals surface area (Å²) in [7, 11) is 0. The molecular weight excluding hydrogens is 317 g/mol. The van der Waals surface area contributed by atoms with Gasteiger partial charge in [-0.3, -0.25) is 9.69 Å². The highest BCUT2D eigenvalue weighted by Gasteiger charge is 2.42. The topological polar surface area (TPSA) is 46.6 Å². The maximum Gasteiger partial charge on any atom is 0.336 e. The highest BCUT2D eigenvalue weighted by atomic mass is 32.1. The molecule has 0 bridgehead atoms. The van der Waals surface area contributed by atoms with Crippen molar-refractivity contribution in [2.45, 2.75) is 12.3 Å². The molecule has 4 nitrogen and oxygen atoms in total. The second kappa shape index (κ2) is 5.31. The van der Waals surface area contributed by atoms with Gasteiger partial charge >= 0.3 is 5.97 Å². The minimum Gasteiger partial charge on any atom is -0.456 e. The number of carbonyl (C=O) groups is 2. The summed E-state index contributed by atoms with van der Waals surface area (Å²) in [4.78, 5) is 26.3. The van der Waals surface area contributed by atoms with Crippen molar-refractivity contribution in [3.63, 3.8) is 0 Å². The fraction of sp³-hybridized carbons (Fsp3) is 0.176. The summed E-state index contributed by atoms with van der Waals surface area (Å²) in [5, 5.41) is 3.87. The van der Waals surface area contributed by atoms with E-state index in [0.717, 1.165) is 5.56 Å². The normalized spacial score (nSPS) is 20.7. The average molecular weight is 329 g/mol. The van der Waals surface area contributed by atoms with E-state index in [1.54, 1.807) is 0 Å². The van der Waals surface area contributed by atoms with Crippen LogP contribution in [0, 0.1) is 5.82 Å². The van der Waals surface area contributed by atoms with Crippen LogP contribution in [-0.2, 0) is 14.3 Å². The van der Waals surface area contributed by atoms with Gasteiger partial charge in [0.25, 0.3) is 0 Å². The highest BCUT2D eigenvalue weighted by molar-refractivity contribution is 7.08. The molecule has 1 aromatic heterocycles. The van der Waals surface area contributed by atoms with E-state index >= 15 is 0 Å². The smallest absolute Gasteiger partial charge is 0.336 e. The molecule has 1 atom stereocenters. The quantitative estimate of drug-likeness (QED) is 0.795. The first kappa shape index (κ1) is 14.1. The molecule has 3 heterocycles. The summed E-state index contributed by atoms with van der Waals surface area (Å²) < 4.78 is 18.3. The van der Waals surface area contributed by atoms with Crippen LogP contribution in [0.3, 0.4) is 0 Å². The number of ether oxygens (including phenoxy) is 1. The predicted octanol–water partition coefficient (Wildman–Crippen LogP) is 3.22. The van der Waals surface area contributed by atoms with Crippen LogP contribution < -0.4 is 4.90 Å². The highest BCUT2D eigenvalue weighted by Crippen LogP contribution is 2.42. The summed E-state index contributed by atoms with van der Waals surface area (Å²) in [6, 6.07) is 7.58. The van der Waals surface area contributed by atoms with Crippen molar-refractivity contribution in [2.24, 2.45) is 0 Å². The first-order valence-corrected chi connectivity index (χ1v) is 8.10. The third kappa shape index (κ3) is 2.26. The van der Waals surface area contributed by atoms with Crippen LogP contribution in [0.1, 0.15) is 17.9 Å². The maximum atomic E-state index is 13.1. The van der Waals surface area contributed by atoms with Crippen molar-refractivity contribution < 1.29 is 18.7 Å². The van der Waals surface area contributed by atoms with Crippen LogP contribution in [0.2, 0.25) is 0 Å². The first-order chi connectivity index (χ1) is 11.1. The van der Waals surface area contributed by atoms with Gasteiger partial charge in [0.1, 0.15) is 12.4 Å². The Morgan fingerprint density at radius 2 is 1.96 bits per heavy atom. The van der Waals surface area contributed by atoms with Crippen LogP contribution >= 0.6 is 11.3 Å². The molecule has 1 aromatic carbocycles. The van der Waals surface area contributed by atoms with E-state index < -0.39 is 0 Å². The Labute approximate surface area is 135 Å². The molecule has 2 aromatic rings. The van der Waals surface area contributed by atoms with Crippen LogP contribution in [0.5, 0.6) is 0 Å². The number of hydrogen-bond acceptors (Lipinski definition) is 4. The Morgan fingerprint density at radius 3 is 2.65 bits per heavy atom. The van der Waals surface area contributed by atoms with Crippen LogP contribution in [0.25, 0.3) is 0 Å². The zero-order valence-corrected chi connectivity index (χ0v) is 12.8. The number of esters is 1. The summed E-state index contributed by atoms with van der Waals surface area (Å²) in [6.45, 7) is 0.0674. The van der Waals surface area contributed by atoms with Crippen molar-refractivity contribution >= 4 is 28.9 Å². The molecule has 116 valence electrons. The number of rotatable bonds is 2. The molecular formula is C17H12FNO3S. The number of nitrogens with zero attached hydrogens (tertiary/aromatic N) is 1. The van der Waals surface area contributed by atoms with E-state index in [1.807, 2.05) is 16.8 Å². The summed E-state index contributed by atoms with van der Waals surface area (Å²) in [5.41, 5.74) is 2.60. The maximum absolute atomic E-state index is 13.1. The molecule has 2 aliphatic heterocycles. The lowest BCUT2D eigenvalue weighted by Crippen LogP contribution is -2.37. The Hall–Kier alpha value is -2.47. The largest absolute Gasteiger partial charge is 0.456 e. The summed E-state index contributed by atoms with van der Waals surface area (Å²) >= 11 is 1.53. The molecule has 0 fully saturated rings. The van der Waals surface area contributed by atoms with Gasteiger partial charge in [0.05, 0.1) is 11.3 Å². The number of benzene rings is 1. The fourth-order valence-corrected chi connectivity index (χ4v) is 3.82. The molecule has 0 unspecified atom stereocenters. The molecule has 0 aliphatic carbocycles. The van der Waals surface area contributed by atoms with E-state index in [-0.39, 0.29) is 36.6 Å². The third-order valence-electron chi connectivity index (χ3n) is 4.15. The zero-order valence-electron chi connectivity index (χ0n) is 12.0. The van der Waals surface area contributed by atoms with Gasteiger partial charge in [-0.1, -0.05) is 0 Å². The monoisotopic (exact) mass is 329 g/mol. The van der Waals surface area contributed by atoms with E-state index in [1.165, 1.54) is 40.5 Å². The Morgan fingerprint density at radius 1 is 1.17 bits per heavy atom. The number of thiophene rings is 1. The van der Waals surface area contributed by atoms with Crippen molar-refractivity contribution in [1.29, 1.82) is 0 Å². The van der Waals surface area contributed by atoms with Crippen molar-refractivity contribution in [1.82, 2.24) is 0 Å². The van der Waals surface area contributed by atoms with Gasteiger partial charge in [-0.15, -0.1) is 0 Å². The first-order valence-electron chi connectivity index (χ1n) is 7.16. The third-order valence-corrected chi connectivity index (χ3v) is 4.85. The van der Waals surface area contributed by atoms with E-state index in [2.05, 4.69) is 0 Å². The zero-order chi connectivity index (χ0) is 16.0. The van der Waals surface area contributed by atoms with Crippen molar-refractivity contribution in [3.8, 4) is 0 Å². The van der Waals surface area contributed by atoms with Gasteiger partial charge in [0, 0.05) is 18.0 Å². The van der Waals surface area contributed by atoms with Gasteiger partial charge in [-0.25, -0.2) is 9.18 Å². The number of carbonyl (C=O) groups excluding carboxylic acids is 2. The lowest BCUT2D eigenvalue weighted by Gasteiger charge is -2.31. The van der Waals surface area contributed by atoms with E-state index in [9.17, 15) is 14.0 Å². The van der Waals surface area contributed by atoms with E-state index in [0.29, 0.717) is 17.0 Å². The second-order valence-electron chi connectivity index (χ2n) is 5.46. The Balaban J connectivity index is 1.83. The van der Waals surface area contributed by atoms with Gasteiger partial charge in [-0.2, -0.15) is 11.3 Å². The van der Waals surface area contributed by atoms with Gasteiger partial charge in [0.15, 0.2) is 0 Å². The minimum atomic E-state index is -0.379. The van der Waals surface area contributed by atoms with Crippen molar-refractivity contribution in [3.05, 3.63) is 63.7 Å². The molecule has 1 amide bonds. The van der Waals surface area contributed by atoms with Gasteiger partial charge in [0.2, 0.25) is 5.91 Å². The van der Waals surface area contributed by atoms with Crippen LogP contribution in [0.4, 0.5) is 10.1 Å². The number of amides is 1. The van der Waals surface area contributed by atoms with Crippen LogP contribution in [0.15, 0.2) is 52.4 Å². The molecule has 23 heavy (non-hydrogen) atoms. The molecule has 0 saturated heterocycles. The minimum absolute atomic E-state index is 0.0674. The molecule has 2 aliphatic rings. The Bertz CT molecular complexity index is 811. The summed E-state index contributed by atoms with van der Waals surface area (Å²) in [6.07, 6.45) is 0.196. The molecule has 0 spiro atoms. The number of anilines is 1. The molecule has 0 N–H and O–H groups in total. The average Bonchev–Trinajstić information content (AvgIpc) is 3.19. The lowest BCUT2D eigenvalue weighted by atomic mass is 9.85. The van der Waals surface area contributed by atoms with Gasteiger partial charge < -0.3 is 4.74 Å². The number of cyclic esters (lactones) is 1. The molecule has 4 rings (SSSR count). The fourth-order valence-electron chi connectivity index (χ4n) is 3.10. The summed E-state index contributed by atoms with van der Waals surface area (Å²) in [5.74, 6) is -1.14. The standard InChI is InChI=1S/C17H12FNO3S/c18-11-1-3-12(4-2-11)19-14-8-22-17(21)16(14)13(7-15(19)20)10-5-6-23-9-10/h1-6,9,13H,7-8H2/t13-/m0/s1. The SMILES string of the molecule is O=C1OCC2=C1[C@H](c1ccsc1)CC(=O)N2c1ccc(F)cc1. The molecule has 6 heteroatoms. The Kier molecular flexibility index (Phi) is 3.27. The van der Waals surface area contributed by atoms with Crippen LogP contribution in [-0.4, -0.2) is 18.5 Å². The molecule has 0 radical (unpaired) electrons. The van der Waals surface area contributed by atoms with E-state index in [4.69, 9.17) is 4.74 Å². The lowest BCUT2D eigenvalue weighted by molar-refractivity contribution is -0.136. The number of halogens is 1.